The smallest absolute Gasteiger partial charge is 0.276 e. The normalized spacial score (nSPS) is 10.9. The van der Waals surface area contributed by atoms with Crippen LogP contribution in [0.1, 0.15) is 25.3 Å². The van der Waals surface area contributed by atoms with Crippen molar-refractivity contribution in [3.63, 3.8) is 0 Å². The number of benzene rings is 1. The second kappa shape index (κ2) is 5.91. The third kappa shape index (κ3) is 3.50. The Morgan fingerprint density at radius 1 is 1.33 bits per heavy atom. The highest BCUT2D eigenvalue weighted by molar-refractivity contribution is 7.99. The Labute approximate surface area is 111 Å². The Morgan fingerprint density at radius 3 is 2.89 bits per heavy atom. The van der Waals surface area contributed by atoms with Crippen LogP contribution in [0.4, 0.5) is 0 Å². The van der Waals surface area contributed by atoms with Gasteiger partial charge in [-0.3, -0.25) is 0 Å². The minimum absolute atomic E-state index is 0.440. The van der Waals surface area contributed by atoms with E-state index in [1.165, 1.54) is 0 Å². The number of ether oxygens (including phenoxy) is 1. The number of methoxy groups -OCH3 is 1. The minimum Gasteiger partial charge on any atom is -0.497 e. The van der Waals surface area contributed by atoms with Crippen molar-refractivity contribution in [1.82, 2.24) is 10.2 Å². The molecular formula is C13H16N2O2S. The van der Waals surface area contributed by atoms with Crippen LogP contribution in [-0.4, -0.2) is 22.6 Å². The molecule has 0 bridgehead atoms. The van der Waals surface area contributed by atoms with Gasteiger partial charge in [0.1, 0.15) is 5.75 Å². The molecule has 0 spiro atoms. The van der Waals surface area contributed by atoms with Crippen molar-refractivity contribution in [3.8, 4) is 5.75 Å². The summed E-state index contributed by atoms with van der Waals surface area (Å²) in [6.45, 7) is 4.19. The lowest BCUT2D eigenvalue weighted by molar-refractivity contribution is 0.411. The molecule has 0 N–H and O–H groups in total. The Hall–Kier alpha value is -1.49. The molecule has 2 aromatic rings. The lowest BCUT2D eigenvalue weighted by Gasteiger charge is -2.01. The van der Waals surface area contributed by atoms with E-state index in [2.05, 4.69) is 24.0 Å². The van der Waals surface area contributed by atoms with Gasteiger partial charge in [0.05, 0.1) is 13.5 Å². The quantitative estimate of drug-likeness (QED) is 0.776. The molecule has 4 nitrogen and oxygen atoms in total. The first-order valence-electron chi connectivity index (χ1n) is 5.79. The van der Waals surface area contributed by atoms with Gasteiger partial charge in [-0.2, -0.15) is 0 Å². The van der Waals surface area contributed by atoms with Gasteiger partial charge in [0, 0.05) is 5.25 Å². The molecule has 0 radical (unpaired) electrons. The number of nitrogens with zero attached hydrogens (tertiary/aromatic N) is 2. The van der Waals surface area contributed by atoms with Crippen LogP contribution in [0.15, 0.2) is 33.9 Å². The van der Waals surface area contributed by atoms with Gasteiger partial charge in [-0.25, -0.2) is 0 Å². The maximum Gasteiger partial charge on any atom is 0.276 e. The van der Waals surface area contributed by atoms with Gasteiger partial charge in [-0.1, -0.05) is 37.7 Å². The molecule has 1 aromatic carbocycles. The van der Waals surface area contributed by atoms with Gasteiger partial charge in [0.15, 0.2) is 0 Å². The lowest BCUT2D eigenvalue weighted by atomic mass is 10.1. The SMILES string of the molecule is COc1cccc(Cc2nnc(SC(C)C)o2)c1. The zero-order valence-corrected chi connectivity index (χ0v) is 11.5. The van der Waals surface area contributed by atoms with Crippen molar-refractivity contribution >= 4 is 11.8 Å². The van der Waals surface area contributed by atoms with Crippen LogP contribution in [0.3, 0.4) is 0 Å². The highest BCUT2D eigenvalue weighted by atomic mass is 32.2. The molecular weight excluding hydrogens is 248 g/mol. The van der Waals surface area contributed by atoms with Crippen molar-refractivity contribution in [2.45, 2.75) is 30.7 Å². The maximum absolute atomic E-state index is 5.57. The van der Waals surface area contributed by atoms with Crippen LogP contribution in [0, 0.1) is 0 Å². The predicted octanol–water partition coefficient (Wildman–Crippen LogP) is 3.17. The van der Waals surface area contributed by atoms with Gasteiger partial charge in [0.25, 0.3) is 5.22 Å². The standard InChI is InChI=1S/C13H16N2O2S/c1-9(2)18-13-15-14-12(17-13)8-10-5-4-6-11(7-10)16-3/h4-7,9H,8H2,1-3H3. The Morgan fingerprint density at radius 2 is 2.17 bits per heavy atom. The van der Waals surface area contributed by atoms with E-state index in [1.807, 2.05) is 24.3 Å². The summed E-state index contributed by atoms with van der Waals surface area (Å²) in [7, 11) is 1.66. The Balaban J connectivity index is 2.06. The maximum atomic E-state index is 5.57. The molecule has 5 heteroatoms. The summed E-state index contributed by atoms with van der Waals surface area (Å²) in [6, 6.07) is 7.85. The molecule has 0 saturated heterocycles. The molecule has 0 amide bonds. The molecule has 0 fully saturated rings. The highest BCUT2D eigenvalue weighted by Crippen LogP contribution is 2.22. The Bertz CT molecular complexity index is 511. The minimum atomic E-state index is 0.440. The fraction of sp³-hybridized carbons (Fsp3) is 0.385. The molecule has 0 aliphatic heterocycles. The lowest BCUT2D eigenvalue weighted by Crippen LogP contribution is -1.90. The van der Waals surface area contributed by atoms with Gasteiger partial charge in [-0.15, -0.1) is 10.2 Å². The zero-order valence-electron chi connectivity index (χ0n) is 10.7. The van der Waals surface area contributed by atoms with E-state index in [-0.39, 0.29) is 0 Å². The third-order valence-corrected chi connectivity index (χ3v) is 3.11. The molecule has 0 aliphatic rings. The predicted molar refractivity (Wildman–Crippen MR) is 71.1 cm³/mol. The summed E-state index contributed by atoms with van der Waals surface area (Å²) in [6.07, 6.45) is 0.628. The molecule has 1 heterocycles. The first-order chi connectivity index (χ1) is 8.67. The Kier molecular flexibility index (Phi) is 4.25. The van der Waals surface area contributed by atoms with Gasteiger partial charge < -0.3 is 9.15 Å². The van der Waals surface area contributed by atoms with Crippen LogP contribution in [0.25, 0.3) is 0 Å². The van der Waals surface area contributed by atoms with Crippen molar-refractivity contribution in [3.05, 3.63) is 35.7 Å². The van der Waals surface area contributed by atoms with Gasteiger partial charge in [-0.05, 0) is 17.7 Å². The number of rotatable bonds is 5. The molecule has 96 valence electrons. The highest BCUT2D eigenvalue weighted by Gasteiger charge is 2.09. The molecule has 18 heavy (non-hydrogen) atoms. The topological polar surface area (TPSA) is 48.2 Å². The first-order valence-corrected chi connectivity index (χ1v) is 6.67. The number of hydrogen-bond acceptors (Lipinski definition) is 5. The summed E-state index contributed by atoms with van der Waals surface area (Å²) in [5, 5.41) is 9.12. The van der Waals surface area contributed by atoms with E-state index in [0.29, 0.717) is 22.8 Å². The van der Waals surface area contributed by atoms with E-state index < -0.39 is 0 Å². The van der Waals surface area contributed by atoms with Gasteiger partial charge >= 0.3 is 0 Å². The average Bonchev–Trinajstić information content (AvgIpc) is 2.76. The second-order valence-corrected chi connectivity index (χ2v) is 5.68. The molecule has 0 unspecified atom stereocenters. The van der Waals surface area contributed by atoms with Gasteiger partial charge in [0.2, 0.25) is 5.89 Å². The van der Waals surface area contributed by atoms with Crippen LogP contribution >= 0.6 is 11.8 Å². The third-order valence-electron chi connectivity index (χ3n) is 2.27. The summed E-state index contributed by atoms with van der Waals surface area (Å²) in [5.74, 6) is 1.47. The molecule has 0 atom stereocenters. The van der Waals surface area contributed by atoms with Crippen LogP contribution in [0.2, 0.25) is 0 Å². The molecule has 0 saturated carbocycles. The average molecular weight is 264 g/mol. The van der Waals surface area contributed by atoms with Crippen molar-refractivity contribution in [2.75, 3.05) is 7.11 Å². The number of hydrogen-bond donors (Lipinski definition) is 0. The van der Waals surface area contributed by atoms with Crippen LogP contribution in [0.5, 0.6) is 5.75 Å². The summed E-state index contributed by atoms with van der Waals surface area (Å²) < 4.78 is 10.8. The molecule has 1 aromatic heterocycles. The van der Waals surface area contributed by atoms with Crippen LogP contribution < -0.4 is 4.74 Å². The number of thioether (sulfide) groups is 1. The summed E-state index contributed by atoms with van der Waals surface area (Å²) in [4.78, 5) is 0. The van der Waals surface area contributed by atoms with E-state index in [1.54, 1.807) is 18.9 Å². The first kappa shape index (κ1) is 13.0. The summed E-state index contributed by atoms with van der Waals surface area (Å²) in [5.41, 5.74) is 1.10. The van der Waals surface area contributed by atoms with Crippen molar-refractivity contribution in [2.24, 2.45) is 0 Å². The molecule has 0 aliphatic carbocycles. The number of aromatic nitrogens is 2. The van der Waals surface area contributed by atoms with Crippen molar-refractivity contribution in [1.29, 1.82) is 0 Å². The molecule has 2 rings (SSSR count). The second-order valence-electron chi connectivity index (χ2n) is 4.16. The van der Waals surface area contributed by atoms with Crippen LogP contribution in [-0.2, 0) is 6.42 Å². The van der Waals surface area contributed by atoms with E-state index >= 15 is 0 Å². The fourth-order valence-corrected chi connectivity index (χ4v) is 2.15. The van der Waals surface area contributed by atoms with E-state index in [4.69, 9.17) is 9.15 Å². The summed E-state index contributed by atoms with van der Waals surface area (Å²) >= 11 is 1.57. The van der Waals surface area contributed by atoms with E-state index in [0.717, 1.165) is 11.3 Å². The monoisotopic (exact) mass is 264 g/mol. The fourth-order valence-electron chi connectivity index (χ4n) is 1.52. The van der Waals surface area contributed by atoms with E-state index in [9.17, 15) is 0 Å². The largest absolute Gasteiger partial charge is 0.497 e. The zero-order chi connectivity index (χ0) is 13.0. The van der Waals surface area contributed by atoms with Crippen molar-refractivity contribution < 1.29 is 9.15 Å².